The fourth-order valence-corrected chi connectivity index (χ4v) is 2.51. The lowest BCUT2D eigenvalue weighted by Crippen LogP contribution is -2.35. The molecule has 1 unspecified atom stereocenters. The van der Waals surface area contributed by atoms with Crippen molar-refractivity contribution in [3.63, 3.8) is 0 Å². The summed E-state index contributed by atoms with van der Waals surface area (Å²) in [4.78, 5) is 12.6. The molecule has 2 rings (SSSR count). The standard InChI is InChI=1S/C13H12NO2S/c1-13(12(14)15,11-8-5-9-16-11)17-10-6-3-2-4-7-10/h3-9H,1H3,(H2,14,15). The van der Waals surface area contributed by atoms with E-state index in [1.807, 2.05) is 12.1 Å². The molecule has 1 radical (unpaired) electrons. The van der Waals surface area contributed by atoms with Gasteiger partial charge in [0, 0.05) is 4.90 Å². The van der Waals surface area contributed by atoms with Gasteiger partial charge in [-0.2, -0.15) is 0 Å². The summed E-state index contributed by atoms with van der Waals surface area (Å²) in [6, 6.07) is 13.8. The van der Waals surface area contributed by atoms with Crippen molar-refractivity contribution in [3.05, 3.63) is 54.5 Å². The minimum absolute atomic E-state index is 0.426. The highest BCUT2D eigenvalue weighted by atomic mass is 32.2. The first-order chi connectivity index (χ1) is 8.13. The molecule has 1 aromatic heterocycles. The Morgan fingerprint density at radius 2 is 2.12 bits per heavy atom. The van der Waals surface area contributed by atoms with E-state index in [2.05, 4.69) is 6.07 Å². The van der Waals surface area contributed by atoms with Crippen molar-refractivity contribution in [2.45, 2.75) is 16.6 Å². The molecule has 0 saturated heterocycles. The highest BCUT2D eigenvalue weighted by molar-refractivity contribution is 8.01. The van der Waals surface area contributed by atoms with Crippen LogP contribution in [0.2, 0.25) is 0 Å². The van der Waals surface area contributed by atoms with Gasteiger partial charge < -0.3 is 10.2 Å². The third-order valence-corrected chi connectivity index (χ3v) is 3.79. The van der Waals surface area contributed by atoms with Crippen LogP contribution >= 0.6 is 11.8 Å². The molecule has 2 N–H and O–H groups in total. The smallest absolute Gasteiger partial charge is 0.241 e. The number of benzene rings is 1. The number of carbonyl (C=O) groups excluding carboxylic acids is 1. The van der Waals surface area contributed by atoms with E-state index in [1.165, 1.54) is 18.0 Å². The monoisotopic (exact) mass is 246 g/mol. The van der Waals surface area contributed by atoms with Crippen LogP contribution in [-0.2, 0) is 9.54 Å². The molecule has 3 nitrogen and oxygen atoms in total. The van der Waals surface area contributed by atoms with Crippen molar-refractivity contribution in [2.75, 3.05) is 0 Å². The first kappa shape index (κ1) is 11.8. The zero-order valence-corrected chi connectivity index (χ0v) is 10.2. The number of primary amides is 1. The summed E-state index contributed by atoms with van der Waals surface area (Å²) in [5.74, 6) is 0.133. The van der Waals surface area contributed by atoms with E-state index in [4.69, 9.17) is 10.2 Å². The van der Waals surface area contributed by atoms with Crippen molar-refractivity contribution >= 4 is 17.7 Å². The summed E-state index contributed by atoms with van der Waals surface area (Å²) < 4.78 is 4.40. The number of nitrogens with two attached hydrogens (primary N) is 1. The molecular formula is C13H12NO2S. The molecular weight excluding hydrogens is 234 g/mol. The molecule has 4 heteroatoms. The maximum absolute atomic E-state index is 11.7. The summed E-state index contributed by atoms with van der Waals surface area (Å²) in [6.45, 7) is 1.76. The zero-order chi connectivity index (χ0) is 12.3. The minimum Gasteiger partial charge on any atom is -0.467 e. The van der Waals surface area contributed by atoms with Gasteiger partial charge >= 0.3 is 0 Å². The Labute approximate surface area is 104 Å². The number of amides is 1. The SMILES string of the molecule is CC(Sc1cc[c]cc1)(C(N)=O)c1ccco1. The van der Waals surface area contributed by atoms with E-state index in [0.29, 0.717) is 5.76 Å². The van der Waals surface area contributed by atoms with Gasteiger partial charge in [0.25, 0.3) is 0 Å². The molecule has 17 heavy (non-hydrogen) atoms. The maximum Gasteiger partial charge on any atom is 0.241 e. The van der Waals surface area contributed by atoms with E-state index >= 15 is 0 Å². The van der Waals surface area contributed by atoms with Gasteiger partial charge in [0.15, 0.2) is 4.75 Å². The molecule has 0 saturated carbocycles. The quantitative estimate of drug-likeness (QED) is 0.843. The molecule has 0 spiro atoms. The molecule has 1 atom stereocenters. The van der Waals surface area contributed by atoms with Gasteiger partial charge in [-0.25, -0.2) is 0 Å². The van der Waals surface area contributed by atoms with Gasteiger partial charge in [0.1, 0.15) is 5.76 Å². The third kappa shape index (κ3) is 2.36. The average Bonchev–Trinajstić information content (AvgIpc) is 2.84. The number of thioether (sulfide) groups is 1. The van der Waals surface area contributed by atoms with Gasteiger partial charge in [0.05, 0.1) is 6.26 Å². The molecule has 1 amide bonds. The first-order valence-corrected chi connectivity index (χ1v) is 5.93. The average molecular weight is 246 g/mol. The van der Waals surface area contributed by atoms with Crippen LogP contribution in [0.5, 0.6) is 0 Å². The lowest BCUT2D eigenvalue weighted by atomic mass is 10.1. The van der Waals surface area contributed by atoms with Crippen LogP contribution in [0.4, 0.5) is 0 Å². The Kier molecular flexibility index (Phi) is 3.24. The molecule has 2 aromatic rings. The predicted octanol–water partition coefficient (Wildman–Crippen LogP) is 2.57. The minimum atomic E-state index is -0.898. The first-order valence-electron chi connectivity index (χ1n) is 5.12. The maximum atomic E-state index is 11.7. The van der Waals surface area contributed by atoms with E-state index in [1.54, 1.807) is 31.2 Å². The molecule has 87 valence electrons. The van der Waals surface area contributed by atoms with Crippen molar-refractivity contribution in [1.82, 2.24) is 0 Å². The van der Waals surface area contributed by atoms with Crippen molar-refractivity contribution < 1.29 is 9.21 Å². The van der Waals surface area contributed by atoms with E-state index < -0.39 is 10.7 Å². The number of carbonyl (C=O) groups is 1. The highest BCUT2D eigenvalue weighted by Gasteiger charge is 2.37. The molecule has 0 fully saturated rings. The second-order valence-electron chi connectivity index (χ2n) is 3.71. The van der Waals surface area contributed by atoms with Gasteiger partial charge in [-0.15, -0.1) is 11.8 Å². The number of furan rings is 1. The molecule has 0 bridgehead atoms. The van der Waals surface area contributed by atoms with Gasteiger partial charge in [-0.1, -0.05) is 12.1 Å². The second-order valence-corrected chi connectivity index (χ2v) is 5.20. The number of hydrogen-bond donors (Lipinski definition) is 1. The van der Waals surface area contributed by atoms with E-state index in [0.717, 1.165) is 4.90 Å². The number of hydrogen-bond acceptors (Lipinski definition) is 3. The summed E-state index contributed by atoms with van der Waals surface area (Å²) in [6.07, 6.45) is 1.54. The van der Waals surface area contributed by atoms with Gasteiger partial charge in [-0.3, -0.25) is 4.79 Å². The van der Waals surface area contributed by atoms with Crippen LogP contribution in [-0.4, -0.2) is 5.91 Å². The lowest BCUT2D eigenvalue weighted by molar-refractivity contribution is -0.120. The van der Waals surface area contributed by atoms with Gasteiger partial charge in [-0.05, 0) is 37.3 Å². The Balaban J connectivity index is 2.34. The van der Waals surface area contributed by atoms with Crippen LogP contribution in [0.15, 0.2) is 52.0 Å². The van der Waals surface area contributed by atoms with Crippen molar-refractivity contribution in [1.29, 1.82) is 0 Å². The molecule has 0 aliphatic rings. The summed E-state index contributed by atoms with van der Waals surface area (Å²) >= 11 is 1.37. The fourth-order valence-electron chi connectivity index (χ4n) is 1.45. The van der Waals surface area contributed by atoms with Gasteiger partial charge in [0.2, 0.25) is 5.91 Å². The normalized spacial score (nSPS) is 14.2. The second kappa shape index (κ2) is 4.67. The van der Waals surface area contributed by atoms with Crippen LogP contribution in [0.3, 0.4) is 0 Å². The topological polar surface area (TPSA) is 56.2 Å². The summed E-state index contributed by atoms with van der Waals surface area (Å²) in [5.41, 5.74) is 5.48. The molecule has 0 aliphatic carbocycles. The predicted molar refractivity (Wildman–Crippen MR) is 66.4 cm³/mol. The molecule has 1 aromatic carbocycles. The summed E-state index contributed by atoms with van der Waals surface area (Å²) in [5, 5.41) is 0. The van der Waals surface area contributed by atoms with Crippen LogP contribution in [0.25, 0.3) is 0 Å². The Bertz CT molecular complexity index is 495. The Morgan fingerprint density at radius 1 is 1.41 bits per heavy atom. The molecule has 1 heterocycles. The fraction of sp³-hybridized carbons (Fsp3) is 0.154. The lowest BCUT2D eigenvalue weighted by Gasteiger charge is -2.22. The zero-order valence-electron chi connectivity index (χ0n) is 9.34. The van der Waals surface area contributed by atoms with E-state index in [-0.39, 0.29) is 0 Å². The molecule has 0 aliphatic heterocycles. The van der Waals surface area contributed by atoms with Crippen molar-refractivity contribution in [3.8, 4) is 0 Å². The highest BCUT2D eigenvalue weighted by Crippen LogP contribution is 2.41. The largest absolute Gasteiger partial charge is 0.467 e. The Hall–Kier alpha value is -1.68. The van der Waals surface area contributed by atoms with E-state index in [9.17, 15) is 4.79 Å². The van der Waals surface area contributed by atoms with Crippen LogP contribution < -0.4 is 5.73 Å². The Morgan fingerprint density at radius 3 is 2.65 bits per heavy atom. The van der Waals surface area contributed by atoms with Crippen molar-refractivity contribution in [2.24, 2.45) is 5.73 Å². The number of rotatable bonds is 4. The summed E-state index contributed by atoms with van der Waals surface area (Å²) in [7, 11) is 0. The van der Waals surface area contributed by atoms with Crippen LogP contribution in [0, 0.1) is 6.07 Å². The van der Waals surface area contributed by atoms with Crippen LogP contribution in [0.1, 0.15) is 12.7 Å². The third-order valence-electron chi connectivity index (χ3n) is 2.47.